The third-order valence-electron chi connectivity index (χ3n) is 4.18. The van der Waals surface area contributed by atoms with Crippen LogP contribution in [-0.2, 0) is 9.53 Å². The Morgan fingerprint density at radius 3 is 2.61 bits per heavy atom. The Morgan fingerprint density at radius 1 is 1.50 bits per heavy atom. The Hall–Kier alpha value is -0.320. The van der Waals surface area contributed by atoms with Gasteiger partial charge in [0, 0.05) is 19.6 Å². The number of nitrogens with one attached hydrogen (secondary N) is 2. The van der Waals surface area contributed by atoms with E-state index in [1.807, 2.05) is 0 Å². The molecule has 0 aromatic rings. The summed E-state index contributed by atoms with van der Waals surface area (Å²) in [5, 5.41) is 6.55. The lowest BCUT2D eigenvalue weighted by atomic mass is 9.98. The summed E-state index contributed by atoms with van der Waals surface area (Å²) >= 11 is 0. The van der Waals surface area contributed by atoms with Crippen LogP contribution in [0.2, 0.25) is 0 Å². The zero-order chi connectivity index (χ0) is 12.5. The van der Waals surface area contributed by atoms with E-state index in [4.69, 9.17) is 4.74 Å². The van der Waals surface area contributed by atoms with Crippen LogP contribution in [0.3, 0.4) is 0 Å². The summed E-state index contributed by atoms with van der Waals surface area (Å²) in [5.74, 6) is 0.419. The minimum Gasteiger partial charge on any atom is -0.383 e. The molecule has 5 heteroatoms. The number of carbonyl (C=O) groups excluding carboxylic acids is 1. The van der Waals surface area contributed by atoms with Crippen molar-refractivity contribution < 1.29 is 9.53 Å². The number of rotatable bonds is 5. The monoisotopic (exact) mass is 276 g/mol. The van der Waals surface area contributed by atoms with Crippen molar-refractivity contribution in [2.24, 2.45) is 11.3 Å². The largest absolute Gasteiger partial charge is 0.383 e. The summed E-state index contributed by atoms with van der Waals surface area (Å²) in [6.45, 7) is 6.67. The van der Waals surface area contributed by atoms with Crippen molar-refractivity contribution >= 4 is 18.3 Å². The second-order valence-electron chi connectivity index (χ2n) is 6.21. The SMILES string of the molecule is COCC1(CNC(=O)C2CC2(C)C)CCCN1.Cl. The third-order valence-corrected chi connectivity index (χ3v) is 4.18. The van der Waals surface area contributed by atoms with Crippen LogP contribution in [0.1, 0.15) is 33.1 Å². The highest BCUT2D eigenvalue weighted by Crippen LogP contribution is 2.51. The van der Waals surface area contributed by atoms with Gasteiger partial charge in [0.1, 0.15) is 0 Å². The fourth-order valence-electron chi connectivity index (χ4n) is 2.76. The van der Waals surface area contributed by atoms with Gasteiger partial charge in [-0.2, -0.15) is 0 Å². The molecule has 18 heavy (non-hydrogen) atoms. The molecule has 2 atom stereocenters. The number of methoxy groups -OCH3 is 1. The fourth-order valence-corrected chi connectivity index (χ4v) is 2.76. The van der Waals surface area contributed by atoms with Gasteiger partial charge in [-0.1, -0.05) is 13.8 Å². The summed E-state index contributed by atoms with van der Waals surface area (Å²) < 4.78 is 5.26. The molecule has 1 heterocycles. The van der Waals surface area contributed by atoms with Crippen molar-refractivity contribution in [1.82, 2.24) is 10.6 Å². The first kappa shape index (κ1) is 15.7. The Morgan fingerprint density at radius 2 is 2.17 bits per heavy atom. The molecule has 0 bridgehead atoms. The van der Waals surface area contributed by atoms with Crippen LogP contribution in [0, 0.1) is 11.3 Å². The van der Waals surface area contributed by atoms with Crippen LogP contribution in [0.4, 0.5) is 0 Å². The molecule has 1 aliphatic carbocycles. The summed E-state index contributed by atoms with van der Waals surface area (Å²) in [6.07, 6.45) is 3.26. The van der Waals surface area contributed by atoms with Gasteiger partial charge in [-0.25, -0.2) is 0 Å². The lowest BCUT2D eigenvalue weighted by molar-refractivity contribution is -0.123. The van der Waals surface area contributed by atoms with E-state index in [0.29, 0.717) is 13.2 Å². The molecule has 1 saturated carbocycles. The predicted octanol–water partition coefficient (Wildman–Crippen LogP) is 1.34. The van der Waals surface area contributed by atoms with Crippen LogP contribution in [0.5, 0.6) is 0 Å². The van der Waals surface area contributed by atoms with Crippen molar-refractivity contribution in [3.63, 3.8) is 0 Å². The number of ether oxygens (including phenoxy) is 1. The van der Waals surface area contributed by atoms with Gasteiger partial charge in [-0.15, -0.1) is 12.4 Å². The molecule has 2 unspecified atom stereocenters. The number of hydrogen-bond acceptors (Lipinski definition) is 3. The summed E-state index contributed by atoms with van der Waals surface area (Å²) in [6, 6.07) is 0. The molecule has 2 aliphatic rings. The van der Waals surface area contributed by atoms with E-state index in [1.165, 1.54) is 0 Å². The van der Waals surface area contributed by atoms with Gasteiger partial charge in [0.15, 0.2) is 0 Å². The average molecular weight is 277 g/mol. The Balaban J connectivity index is 0.00000162. The Labute approximate surface area is 116 Å². The first-order chi connectivity index (χ1) is 7.99. The van der Waals surface area contributed by atoms with Gasteiger partial charge in [0.05, 0.1) is 12.1 Å². The standard InChI is InChI=1S/C13H24N2O2.ClH/c1-12(2)7-10(12)11(16)14-8-13(9-17-3)5-4-6-15-13;/h10,15H,4-9H2,1-3H3,(H,14,16);1H. The maximum atomic E-state index is 11.9. The lowest BCUT2D eigenvalue weighted by Crippen LogP contribution is -2.53. The molecule has 0 spiro atoms. The van der Waals surface area contributed by atoms with E-state index in [-0.39, 0.29) is 35.2 Å². The van der Waals surface area contributed by atoms with Gasteiger partial charge in [-0.05, 0) is 31.2 Å². The molecule has 2 fully saturated rings. The molecular formula is C13H25ClN2O2. The highest BCUT2D eigenvalue weighted by Gasteiger charge is 2.50. The molecule has 0 radical (unpaired) electrons. The van der Waals surface area contributed by atoms with Crippen LogP contribution in [0.15, 0.2) is 0 Å². The van der Waals surface area contributed by atoms with Gasteiger partial charge in [-0.3, -0.25) is 4.79 Å². The average Bonchev–Trinajstić information content (AvgIpc) is 2.73. The van der Waals surface area contributed by atoms with Crippen molar-refractivity contribution in [1.29, 1.82) is 0 Å². The molecule has 0 aromatic carbocycles. The fraction of sp³-hybridized carbons (Fsp3) is 0.923. The second-order valence-corrected chi connectivity index (χ2v) is 6.21. The molecule has 0 aromatic heterocycles. The van der Waals surface area contributed by atoms with Gasteiger partial charge in [0.25, 0.3) is 0 Å². The molecule has 1 saturated heterocycles. The minimum absolute atomic E-state index is 0. The quantitative estimate of drug-likeness (QED) is 0.797. The Bertz CT molecular complexity index is 301. The summed E-state index contributed by atoms with van der Waals surface area (Å²) in [5.41, 5.74) is 0.172. The molecule has 2 rings (SSSR count). The number of hydrogen-bond donors (Lipinski definition) is 2. The third kappa shape index (κ3) is 3.37. The van der Waals surface area contributed by atoms with E-state index in [0.717, 1.165) is 25.8 Å². The molecule has 1 amide bonds. The van der Waals surface area contributed by atoms with Crippen molar-refractivity contribution in [3.8, 4) is 0 Å². The molecule has 106 valence electrons. The highest BCUT2D eigenvalue weighted by molar-refractivity contribution is 5.85. The van der Waals surface area contributed by atoms with E-state index in [9.17, 15) is 4.79 Å². The van der Waals surface area contributed by atoms with E-state index >= 15 is 0 Å². The number of carbonyl (C=O) groups is 1. The van der Waals surface area contributed by atoms with E-state index < -0.39 is 0 Å². The molecule has 1 aliphatic heterocycles. The predicted molar refractivity (Wildman–Crippen MR) is 74.0 cm³/mol. The van der Waals surface area contributed by atoms with E-state index in [2.05, 4.69) is 24.5 Å². The molecule has 2 N–H and O–H groups in total. The maximum Gasteiger partial charge on any atom is 0.223 e. The first-order valence-electron chi connectivity index (χ1n) is 6.51. The lowest BCUT2D eigenvalue weighted by Gasteiger charge is -2.29. The highest BCUT2D eigenvalue weighted by atomic mass is 35.5. The molecule has 4 nitrogen and oxygen atoms in total. The zero-order valence-electron chi connectivity index (χ0n) is 11.5. The van der Waals surface area contributed by atoms with Gasteiger partial charge >= 0.3 is 0 Å². The van der Waals surface area contributed by atoms with Crippen molar-refractivity contribution in [2.45, 2.75) is 38.6 Å². The first-order valence-corrected chi connectivity index (χ1v) is 6.51. The summed E-state index contributed by atoms with van der Waals surface area (Å²) in [7, 11) is 1.72. The van der Waals surface area contributed by atoms with E-state index in [1.54, 1.807) is 7.11 Å². The van der Waals surface area contributed by atoms with Gasteiger partial charge < -0.3 is 15.4 Å². The smallest absolute Gasteiger partial charge is 0.223 e. The van der Waals surface area contributed by atoms with Crippen molar-refractivity contribution in [2.75, 3.05) is 26.8 Å². The number of amides is 1. The number of halogens is 1. The topological polar surface area (TPSA) is 50.4 Å². The molecular weight excluding hydrogens is 252 g/mol. The normalized spacial score (nSPS) is 32.7. The minimum atomic E-state index is -0.0383. The van der Waals surface area contributed by atoms with Gasteiger partial charge in [0.2, 0.25) is 5.91 Å². The second kappa shape index (κ2) is 5.76. The zero-order valence-corrected chi connectivity index (χ0v) is 12.4. The van der Waals surface area contributed by atoms with Crippen LogP contribution in [-0.4, -0.2) is 38.3 Å². The Kier molecular flexibility index (Phi) is 5.04. The maximum absolute atomic E-state index is 11.9. The van der Waals surface area contributed by atoms with Crippen LogP contribution < -0.4 is 10.6 Å². The van der Waals surface area contributed by atoms with Crippen LogP contribution >= 0.6 is 12.4 Å². The van der Waals surface area contributed by atoms with Crippen LogP contribution in [0.25, 0.3) is 0 Å². The van der Waals surface area contributed by atoms with Crippen molar-refractivity contribution in [3.05, 3.63) is 0 Å². The summed E-state index contributed by atoms with van der Waals surface area (Å²) in [4.78, 5) is 11.9.